The van der Waals surface area contributed by atoms with Crippen LogP contribution in [0.15, 0.2) is 209 Å². The van der Waals surface area contributed by atoms with Gasteiger partial charge >= 0.3 is 0 Å². The van der Waals surface area contributed by atoms with Gasteiger partial charge in [-0.05, 0) is 88.0 Å². The van der Waals surface area contributed by atoms with E-state index >= 15 is 0 Å². The van der Waals surface area contributed by atoms with Gasteiger partial charge in [-0.25, -0.2) is 0 Å². The zero-order valence-corrected chi connectivity index (χ0v) is 32.5. The van der Waals surface area contributed by atoms with Crippen LogP contribution in [0.2, 0.25) is 0 Å². The molecule has 276 valence electrons. The summed E-state index contributed by atoms with van der Waals surface area (Å²) in [7, 11) is 0. The Morgan fingerprint density at radius 2 is 0.949 bits per heavy atom. The van der Waals surface area contributed by atoms with Crippen LogP contribution >= 0.6 is 11.3 Å². The van der Waals surface area contributed by atoms with Crippen molar-refractivity contribution < 1.29 is 8.83 Å². The Balaban J connectivity index is 1.12. The number of anilines is 3. The van der Waals surface area contributed by atoms with Crippen molar-refractivity contribution in [2.75, 3.05) is 4.90 Å². The maximum absolute atomic E-state index is 6.56. The lowest BCUT2D eigenvalue weighted by Crippen LogP contribution is -2.28. The van der Waals surface area contributed by atoms with Crippen molar-refractivity contribution in [1.82, 2.24) is 0 Å². The molecule has 1 aliphatic rings. The third kappa shape index (κ3) is 4.52. The van der Waals surface area contributed by atoms with E-state index in [2.05, 4.69) is 193 Å². The van der Waals surface area contributed by atoms with Crippen LogP contribution in [0.5, 0.6) is 0 Å². The lowest BCUT2D eigenvalue weighted by Gasteiger charge is -2.35. The first kappa shape index (κ1) is 32.7. The Kier molecular flexibility index (Phi) is 6.81. The lowest BCUT2D eigenvalue weighted by atomic mass is 9.67. The Bertz CT molecular complexity index is 3590. The second kappa shape index (κ2) is 12.3. The Morgan fingerprint density at radius 1 is 0.373 bits per heavy atom. The third-order valence-corrected chi connectivity index (χ3v) is 13.8. The highest BCUT2D eigenvalue weighted by atomic mass is 32.1. The molecule has 3 nitrogen and oxygen atoms in total. The summed E-state index contributed by atoms with van der Waals surface area (Å²) in [4.78, 5) is 2.44. The van der Waals surface area contributed by atoms with Gasteiger partial charge in [-0.15, -0.1) is 11.3 Å². The molecule has 12 aromatic rings. The highest BCUT2D eigenvalue weighted by Gasteiger charge is 2.46. The van der Waals surface area contributed by atoms with Crippen LogP contribution in [-0.2, 0) is 5.41 Å². The molecule has 0 aliphatic heterocycles. The predicted molar refractivity (Wildman–Crippen MR) is 246 cm³/mol. The van der Waals surface area contributed by atoms with Crippen molar-refractivity contribution in [2.24, 2.45) is 0 Å². The average molecular weight is 772 g/mol. The highest BCUT2D eigenvalue weighted by molar-refractivity contribution is 7.27. The number of para-hydroxylation sites is 2. The summed E-state index contributed by atoms with van der Waals surface area (Å²) in [6.45, 7) is 0. The van der Waals surface area contributed by atoms with Gasteiger partial charge in [0.05, 0.1) is 15.8 Å². The maximum Gasteiger partial charge on any atom is 0.137 e. The van der Waals surface area contributed by atoms with E-state index in [1.807, 2.05) is 23.5 Å². The molecule has 3 heterocycles. The zero-order valence-electron chi connectivity index (χ0n) is 31.7. The molecule has 4 heteroatoms. The van der Waals surface area contributed by atoms with Gasteiger partial charge in [0.25, 0.3) is 0 Å². The predicted octanol–water partition coefficient (Wildman–Crippen LogP) is 15.7. The normalized spacial score (nSPS) is 13.2. The summed E-state index contributed by atoms with van der Waals surface area (Å²) in [5, 5.41) is 7.00. The van der Waals surface area contributed by atoms with Gasteiger partial charge in [0, 0.05) is 54.5 Å². The maximum atomic E-state index is 6.56. The standard InChI is InChI=1S/C55H33NO2S/c1-3-14-34(15-4-1)55(35-16-5-2-6-17-35)45-22-10-7-18-38(45)39-28-26-36(32-46(39)55)56(37-27-29-41-40-19-8-11-24-48(40)58-51(41)33-37)47-23-13-21-42-43-30-31-50-52(54(43)59-53(42)47)44-20-9-12-25-49(44)57-50/h1-33H. The van der Waals surface area contributed by atoms with Crippen molar-refractivity contribution in [2.45, 2.75) is 5.41 Å². The van der Waals surface area contributed by atoms with Crippen LogP contribution < -0.4 is 4.90 Å². The molecule has 0 saturated heterocycles. The molecule has 0 saturated carbocycles. The van der Waals surface area contributed by atoms with Crippen molar-refractivity contribution in [3.05, 3.63) is 222 Å². The molecule has 0 spiro atoms. The van der Waals surface area contributed by atoms with E-state index in [-0.39, 0.29) is 0 Å². The number of benzene rings is 9. The third-order valence-electron chi connectivity index (χ3n) is 12.5. The second-order valence-electron chi connectivity index (χ2n) is 15.5. The van der Waals surface area contributed by atoms with Crippen LogP contribution in [0.3, 0.4) is 0 Å². The lowest BCUT2D eigenvalue weighted by molar-refractivity contribution is 0.668. The summed E-state index contributed by atoms with van der Waals surface area (Å²) >= 11 is 1.85. The van der Waals surface area contributed by atoms with Crippen LogP contribution in [0.4, 0.5) is 17.1 Å². The number of rotatable bonds is 5. The average Bonchev–Trinajstić information content (AvgIpc) is 4.05. The largest absolute Gasteiger partial charge is 0.456 e. The summed E-state index contributed by atoms with van der Waals surface area (Å²) in [5.41, 5.74) is 13.8. The number of furan rings is 2. The van der Waals surface area contributed by atoms with Gasteiger partial charge in [0.15, 0.2) is 0 Å². The molecule has 3 aromatic heterocycles. The van der Waals surface area contributed by atoms with E-state index in [1.165, 1.54) is 58.9 Å². The molecule has 9 aromatic carbocycles. The molecule has 0 radical (unpaired) electrons. The van der Waals surface area contributed by atoms with Crippen molar-refractivity contribution in [3.63, 3.8) is 0 Å². The van der Waals surface area contributed by atoms with E-state index in [9.17, 15) is 0 Å². The first-order chi connectivity index (χ1) is 29.3. The SMILES string of the molecule is c1ccc(C2(c3ccccc3)c3ccccc3-c3ccc(N(c4ccc5c(c4)oc4ccccc45)c4cccc5c4sc4c5ccc5oc6ccccc6c54)cc32)cc1. The molecule has 13 rings (SSSR count). The fourth-order valence-electron chi connectivity index (χ4n) is 10.1. The summed E-state index contributed by atoms with van der Waals surface area (Å²) < 4.78 is 15.4. The first-order valence-corrected chi connectivity index (χ1v) is 20.9. The van der Waals surface area contributed by atoms with Gasteiger partial charge < -0.3 is 13.7 Å². The Labute approximate surface area is 343 Å². The van der Waals surface area contributed by atoms with Crippen LogP contribution in [0.25, 0.3) is 75.2 Å². The fourth-order valence-corrected chi connectivity index (χ4v) is 11.4. The monoisotopic (exact) mass is 771 g/mol. The topological polar surface area (TPSA) is 29.5 Å². The number of fused-ring (bicyclic) bond motifs is 13. The minimum atomic E-state index is -0.531. The van der Waals surface area contributed by atoms with Crippen molar-refractivity contribution in [1.29, 1.82) is 0 Å². The molecule has 1 aliphatic carbocycles. The molecule has 0 atom stereocenters. The van der Waals surface area contributed by atoms with Crippen LogP contribution in [0.1, 0.15) is 22.3 Å². The second-order valence-corrected chi connectivity index (χ2v) is 16.6. The number of hydrogen-bond acceptors (Lipinski definition) is 4. The Hall–Kier alpha value is -7.40. The minimum absolute atomic E-state index is 0.531. The van der Waals surface area contributed by atoms with E-state index in [0.29, 0.717) is 0 Å². The Morgan fingerprint density at radius 3 is 1.76 bits per heavy atom. The van der Waals surface area contributed by atoms with Crippen LogP contribution in [-0.4, -0.2) is 0 Å². The fraction of sp³-hybridized carbons (Fsp3) is 0.0182. The van der Waals surface area contributed by atoms with Gasteiger partial charge in [0.1, 0.15) is 22.3 Å². The molecule has 0 unspecified atom stereocenters. The molecular formula is C55H33NO2S. The van der Waals surface area contributed by atoms with Crippen LogP contribution in [0, 0.1) is 0 Å². The van der Waals surface area contributed by atoms with Gasteiger partial charge in [-0.2, -0.15) is 0 Å². The van der Waals surface area contributed by atoms with Crippen molar-refractivity contribution >= 4 is 92.4 Å². The molecule has 0 amide bonds. The molecule has 0 bridgehead atoms. The molecule has 59 heavy (non-hydrogen) atoms. The van der Waals surface area contributed by atoms with E-state index < -0.39 is 5.41 Å². The minimum Gasteiger partial charge on any atom is -0.456 e. The molecule has 0 N–H and O–H groups in total. The highest BCUT2D eigenvalue weighted by Crippen LogP contribution is 2.58. The quantitative estimate of drug-likeness (QED) is 0.175. The van der Waals surface area contributed by atoms with Crippen molar-refractivity contribution in [3.8, 4) is 11.1 Å². The van der Waals surface area contributed by atoms with Gasteiger partial charge in [-0.3, -0.25) is 0 Å². The summed E-state index contributed by atoms with van der Waals surface area (Å²) in [6.07, 6.45) is 0. The molecule has 0 fully saturated rings. The first-order valence-electron chi connectivity index (χ1n) is 20.1. The van der Waals surface area contributed by atoms with E-state index in [1.54, 1.807) is 0 Å². The van der Waals surface area contributed by atoms with E-state index in [0.717, 1.165) is 55.6 Å². The molecular weight excluding hydrogens is 739 g/mol. The van der Waals surface area contributed by atoms with Gasteiger partial charge in [0.2, 0.25) is 0 Å². The van der Waals surface area contributed by atoms with E-state index in [4.69, 9.17) is 8.83 Å². The summed E-state index contributed by atoms with van der Waals surface area (Å²) in [5.74, 6) is 0. The number of hydrogen-bond donors (Lipinski definition) is 0. The summed E-state index contributed by atoms with van der Waals surface area (Å²) in [6, 6.07) is 72.6. The number of nitrogens with zero attached hydrogens (tertiary/aromatic N) is 1. The van der Waals surface area contributed by atoms with Gasteiger partial charge in [-0.1, -0.05) is 140 Å². The number of thiophene rings is 1. The smallest absolute Gasteiger partial charge is 0.137 e. The zero-order chi connectivity index (χ0) is 38.7.